The Morgan fingerprint density at radius 3 is 2.54 bits per heavy atom. The van der Waals surface area contributed by atoms with Crippen LogP contribution in [0.5, 0.6) is 11.5 Å². The zero-order chi connectivity index (χ0) is 19.4. The van der Waals surface area contributed by atoms with Gasteiger partial charge in [0.25, 0.3) is 5.91 Å². The number of rotatable bonds is 4. The quantitative estimate of drug-likeness (QED) is 0.612. The van der Waals surface area contributed by atoms with Crippen LogP contribution in [0.2, 0.25) is 0 Å². The number of ether oxygens (including phenoxy) is 3. The highest BCUT2D eigenvalue weighted by molar-refractivity contribution is 6.24. The van der Waals surface area contributed by atoms with Gasteiger partial charge >= 0.3 is 5.97 Å². The molecule has 4 saturated carbocycles. The third kappa shape index (κ3) is 3.21. The molecule has 4 bridgehead atoms. The lowest BCUT2D eigenvalue weighted by Crippen LogP contribution is -2.56. The molecule has 4 aliphatic carbocycles. The number of nitrogens with one attached hydrogen (secondary N) is 1. The van der Waals surface area contributed by atoms with E-state index in [1.807, 2.05) is 0 Å². The fraction of sp³-hybridized carbons (Fsp3) is 0.619. The van der Waals surface area contributed by atoms with E-state index in [1.165, 1.54) is 6.42 Å². The highest BCUT2D eigenvalue weighted by Crippen LogP contribution is 2.64. The Morgan fingerprint density at radius 2 is 1.82 bits per heavy atom. The van der Waals surface area contributed by atoms with E-state index in [4.69, 9.17) is 25.8 Å². The molecule has 1 N–H and O–H groups in total. The van der Waals surface area contributed by atoms with E-state index in [9.17, 15) is 9.59 Å². The lowest BCUT2D eigenvalue weighted by atomic mass is 9.49. The van der Waals surface area contributed by atoms with Gasteiger partial charge in [0.2, 0.25) is 0 Å². The summed E-state index contributed by atoms with van der Waals surface area (Å²) in [6, 6.07) is 5.21. The molecule has 2 unspecified atom stereocenters. The molecule has 1 aromatic rings. The van der Waals surface area contributed by atoms with Crippen molar-refractivity contribution < 1.29 is 23.8 Å². The Balaban J connectivity index is 1.20. The van der Waals surface area contributed by atoms with Crippen LogP contribution < -0.4 is 14.8 Å². The summed E-state index contributed by atoms with van der Waals surface area (Å²) in [6.07, 6.45) is 5.56. The van der Waals surface area contributed by atoms with E-state index < -0.39 is 5.41 Å². The molecule has 1 amide bonds. The summed E-state index contributed by atoms with van der Waals surface area (Å²) in [5.41, 5.74) is 0.0862. The van der Waals surface area contributed by atoms with E-state index in [0.29, 0.717) is 48.7 Å². The van der Waals surface area contributed by atoms with Crippen LogP contribution in [-0.4, -0.2) is 36.6 Å². The average molecular weight is 406 g/mol. The Hall–Kier alpha value is -1.95. The summed E-state index contributed by atoms with van der Waals surface area (Å²) < 4.78 is 16.4. The van der Waals surface area contributed by atoms with Crippen LogP contribution in [0.25, 0.3) is 0 Å². The van der Waals surface area contributed by atoms with Crippen LogP contribution in [0.15, 0.2) is 18.2 Å². The Bertz CT molecular complexity index is 811. The third-order valence-electron chi connectivity index (χ3n) is 6.58. The fourth-order valence-corrected chi connectivity index (χ4v) is 6.68. The first-order chi connectivity index (χ1) is 13.4. The second-order valence-electron chi connectivity index (χ2n) is 8.87. The molecule has 0 saturated heterocycles. The van der Waals surface area contributed by atoms with Crippen molar-refractivity contribution in [2.45, 2.75) is 43.4 Å². The number of hydrogen-bond acceptors (Lipinski definition) is 5. The van der Waals surface area contributed by atoms with Gasteiger partial charge in [-0.1, -0.05) is 0 Å². The maximum atomic E-state index is 12.9. The van der Waals surface area contributed by atoms with Crippen molar-refractivity contribution in [2.24, 2.45) is 17.3 Å². The van der Waals surface area contributed by atoms with Crippen molar-refractivity contribution in [1.29, 1.82) is 0 Å². The van der Waals surface area contributed by atoms with Crippen LogP contribution in [0, 0.1) is 17.3 Å². The summed E-state index contributed by atoms with van der Waals surface area (Å²) in [4.78, 5) is 24.9. The number of amides is 1. The zero-order valence-electron chi connectivity index (χ0n) is 15.7. The van der Waals surface area contributed by atoms with E-state index >= 15 is 0 Å². The monoisotopic (exact) mass is 405 g/mol. The molecule has 0 spiro atoms. The number of carbonyl (C=O) groups excluding carboxylic acids is 2. The molecule has 28 heavy (non-hydrogen) atoms. The second kappa shape index (κ2) is 6.55. The smallest absolute Gasteiger partial charge is 0.312 e. The molecule has 2 atom stereocenters. The molecular weight excluding hydrogens is 382 g/mol. The van der Waals surface area contributed by atoms with Crippen molar-refractivity contribution in [3.63, 3.8) is 0 Å². The van der Waals surface area contributed by atoms with Gasteiger partial charge in [0, 0.05) is 16.6 Å². The minimum absolute atomic E-state index is 0.253. The van der Waals surface area contributed by atoms with Gasteiger partial charge in [0.1, 0.15) is 13.2 Å². The van der Waals surface area contributed by atoms with E-state index in [0.717, 1.165) is 25.7 Å². The lowest BCUT2D eigenvalue weighted by molar-refractivity contribution is -0.171. The second-order valence-corrected chi connectivity index (χ2v) is 9.68. The van der Waals surface area contributed by atoms with Crippen molar-refractivity contribution in [1.82, 2.24) is 0 Å². The highest BCUT2D eigenvalue weighted by atomic mass is 35.5. The van der Waals surface area contributed by atoms with Crippen molar-refractivity contribution in [3.05, 3.63) is 18.2 Å². The maximum absolute atomic E-state index is 12.9. The van der Waals surface area contributed by atoms with Gasteiger partial charge in [-0.25, -0.2) is 0 Å². The van der Waals surface area contributed by atoms with Gasteiger partial charge in [0.15, 0.2) is 18.1 Å². The number of alkyl halides is 1. The molecular formula is C21H24ClNO5. The molecule has 1 heterocycles. The predicted octanol–water partition coefficient (Wildman–Crippen LogP) is 3.52. The Kier molecular flexibility index (Phi) is 4.23. The molecule has 6 rings (SSSR count). The van der Waals surface area contributed by atoms with E-state index in [2.05, 4.69) is 5.32 Å². The normalized spacial score (nSPS) is 34.8. The number of esters is 1. The summed E-state index contributed by atoms with van der Waals surface area (Å²) in [5, 5.41) is 2.75. The first-order valence-electron chi connectivity index (χ1n) is 9.99. The highest BCUT2D eigenvalue weighted by Gasteiger charge is 2.60. The minimum atomic E-state index is -0.497. The van der Waals surface area contributed by atoms with Gasteiger partial charge in [0.05, 0.1) is 5.41 Å². The van der Waals surface area contributed by atoms with Gasteiger partial charge in [-0.3, -0.25) is 9.59 Å². The van der Waals surface area contributed by atoms with Gasteiger partial charge in [-0.2, -0.15) is 0 Å². The first-order valence-corrected chi connectivity index (χ1v) is 10.4. The largest absolute Gasteiger partial charge is 0.486 e. The number of halogens is 1. The van der Waals surface area contributed by atoms with Crippen molar-refractivity contribution in [3.8, 4) is 11.5 Å². The van der Waals surface area contributed by atoms with Crippen LogP contribution >= 0.6 is 11.6 Å². The van der Waals surface area contributed by atoms with Gasteiger partial charge in [-0.05, 0) is 62.5 Å². The predicted molar refractivity (Wildman–Crippen MR) is 103 cm³/mol. The standard InChI is InChI=1S/C21H24ClNO5/c22-21-9-13-5-14(10-21)8-20(7-13,12-21)19(25)28-11-18(24)23-15-1-2-16-17(6-15)27-4-3-26-16/h1-2,6,13-14H,3-5,7-12H2,(H,23,24). The van der Waals surface area contributed by atoms with Gasteiger partial charge < -0.3 is 19.5 Å². The maximum Gasteiger partial charge on any atom is 0.312 e. The molecule has 6 nitrogen and oxygen atoms in total. The summed E-state index contributed by atoms with van der Waals surface area (Å²) in [6.45, 7) is 0.704. The van der Waals surface area contributed by atoms with E-state index in [-0.39, 0.29) is 23.4 Å². The Labute approximate surface area is 168 Å². The third-order valence-corrected chi connectivity index (χ3v) is 7.03. The molecule has 7 heteroatoms. The summed E-state index contributed by atoms with van der Waals surface area (Å²) >= 11 is 6.78. The molecule has 5 aliphatic rings. The summed E-state index contributed by atoms with van der Waals surface area (Å²) in [5.74, 6) is 1.66. The molecule has 1 aromatic carbocycles. The number of hydrogen-bond donors (Lipinski definition) is 1. The number of benzene rings is 1. The lowest BCUT2D eigenvalue weighted by Gasteiger charge is -2.58. The van der Waals surface area contributed by atoms with Crippen molar-refractivity contribution in [2.75, 3.05) is 25.1 Å². The minimum Gasteiger partial charge on any atom is -0.486 e. The van der Waals surface area contributed by atoms with Crippen LogP contribution in [-0.2, 0) is 14.3 Å². The molecule has 1 aliphatic heterocycles. The number of fused-ring (bicyclic) bond motifs is 1. The zero-order valence-corrected chi connectivity index (χ0v) is 16.4. The van der Waals surface area contributed by atoms with E-state index in [1.54, 1.807) is 18.2 Å². The fourth-order valence-electron chi connectivity index (χ4n) is 5.99. The summed E-state index contributed by atoms with van der Waals surface area (Å²) in [7, 11) is 0. The molecule has 0 aromatic heterocycles. The van der Waals surface area contributed by atoms with Crippen LogP contribution in [0.4, 0.5) is 5.69 Å². The van der Waals surface area contributed by atoms with Gasteiger partial charge in [-0.15, -0.1) is 11.6 Å². The molecule has 150 valence electrons. The first kappa shape index (κ1) is 18.1. The van der Waals surface area contributed by atoms with Crippen LogP contribution in [0.1, 0.15) is 38.5 Å². The van der Waals surface area contributed by atoms with Crippen molar-refractivity contribution >= 4 is 29.2 Å². The SMILES string of the molecule is O=C(COC(=O)C12CC3CC(CC(Cl)(C3)C1)C2)Nc1ccc2c(c1)OCCO2. The van der Waals surface area contributed by atoms with Crippen LogP contribution in [0.3, 0.4) is 0 Å². The molecule has 4 fully saturated rings. The molecule has 0 radical (unpaired) electrons. The Morgan fingerprint density at radius 1 is 1.11 bits per heavy atom. The average Bonchev–Trinajstić information content (AvgIpc) is 2.64. The topological polar surface area (TPSA) is 73.9 Å². The number of carbonyl (C=O) groups is 2. The number of anilines is 1.